The Balaban J connectivity index is 1.41. The Labute approximate surface area is 168 Å². The van der Waals surface area contributed by atoms with Crippen LogP contribution in [0.4, 0.5) is 5.69 Å². The Bertz CT molecular complexity index is 1050. The lowest BCUT2D eigenvalue weighted by atomic mass is 10.1. The van der Waals surface area contributed by atoms with Gasteiger partial charge in [-0.05, 0) is 37.6 Å². The second-order valence-electron chi connectivity index (χ2n) is 7.29. The summed E-state index contributed by atoms with van der Waals surface area (Å²) in [5, 5.41) is 6.79. The summed E-state index contributed by atoms with van der Waals surface area (Å²) in [6.07, 6.45) is 0.336. The number of rotatable bonds is 5. The molecule has 1 atom stereocenters. The van der Waals surface area contributed by atoms with Gasteiger partial charge in [0.25, 0.3) is 5.91 Å². The van der Waals surface area contributed by atoms with Crippen LogP contribution in [0.15, 0.2) is 53.1 Å². The standard InChI is InChI=1S/C22H22N4O3/c1-14-8-9-18(15(2)10-14)26-13-17(11-20(26)27)21-24-19(29-25-21)12-23-22(28)16-6-4-3-5-7-16/h3-10,17H,11-13H2,1-2H3,(H,23,28). The third-order valence-electron chi connectivity index (χ3n) is 5.05. The smallest absolute Gasteiger partial charge is 0.251 e. The Hall–Kier alpha value is -3.48. The summed E-state index contributed by atoms with van der Waals surface area (Å²) in [7, 11) is 0. The molecule has 0 aliphatic carbocycles. The van der Waals surface area contributed by atoms with Crippen LogP contribution in [-0.2, 0) is 11.3 Å². The van der Waals surface area contributed by atoms with E-state index in [1.807, 2.05) is 32.0 Å². The molecule has 0 bridgehead atoms. The fourth-order valence-electron chi connectivity index (χ4n) is 3.57. The highest BCUT2D eigenvalue weighted by atomic mass is 16.5. The van der Waals surface area contributed by atoms with Gasteiger partial charge in [0.1, 0.15) is 0 Å². The summed E-state index contributed by atoms with van der Waals surface area (Å²) in [5.41, 5.74) is 3.71. The van der Waals surface area contributed by atoms with Crippen molar-refractivity contribution in [2.75, 3.05) is 11.4 Å². The predicted molar refractivity (Wildman–Crippen MR) is 108 cm³/mol. The van der Waals surface area contributed by atoms with Crippen LogP contribution in [0, 0.1) is 13.8 Å². The second kappa shape index (κ2) is 7.87. The lowest BCUT2D eigenvalue weighted by Crippen LogP contribution is -2.25. The number of benzene rings is 2. The summed E-state index contributed by atoms with van der Waals surface area (Å²) in [6.45, 7) is 4.69. The van der Waals surface area contributed by atoms with E-state index in [9.17, 15) is 9.59 Å². The van der Waals surface area contributed by atoms with Gasteiger partial charge in [0.2, 0.25) is 11.8 Å². The van der Waals surface area contributed by atoms with E-state index >= 15 is 0 Å². The molecule has 1 fully saturated rings. The molecule has 1 aromatic heterocycles. The van der Waals surface area contributed by atoms with Gasteiger partial charge in [-0.25, -0.2) is 0 Å². The number of hydrogen-bond donors (Lipinski definition) is 1. The van der Waals surface area contributed by atoms with Crippen LogP contribution in [0.5, 0.6) is 0 Å². The highest BCUT2D eigenvalue weighted by Gasteiger charge is 2.35. The number of carbonyl (C=O) groups excluding carboxylic acids is 2. The number of carbonyl (C=O) groups is 2. The largest absolute Gasteiger partial charge is 0.343 e. The van der Waals surface area contributed by atoms with Gasteiger partial charge < -0.3 is 14.7 Å². The topological polar surface area (TPSA) is 88.3 Å². The average Bonchev–Trinajstić information content (AvgIpc) is 3.34. The number of aromatic nitrogens is 2. The van der Waals surface area contributed by atoms with Gasteiger partial charge >= 0.3 is 0 Å². The molecule has 0 spiro atoms. The molecule has 7 heteroatoms. The van der Waals surface area contributed by atoms with Crippen molar-refractivity contribution < 1.29 is 14.1 Å². The molecule has 0 radical (unpaired) electrons. The number of nitrogens with one attached hydrogen (secondary N) is 1. The number of aryl methyl sites for hydroxylation is 2. The van der Waals surface area contributed by atoms with E-state index in [0.717, 1.165) is 16.8 Å². The fraction of sp³-hybridized carbons (Fsp3) is 0.273. The second-order valence-corrected chi connectivity index (χ2v) is 7.29. The first-order valence-electron chi connectivity index (χ1n) is 9.54. The van der Waals surface area contributed by atoms with Crippen LogP contribution in [0.25, 0.3) is 0 Å². The van der Waals surface area contributed by atoms with Gasteiger partial charge in [-0.3, -0.25) is 9.59 Å². The minimum atomic E-state index is -0.206. The van der Waals surface area contributed by atoms with Gasteiger partial charge in [0.15, 0.2) is 5.82 Å². The van der Waals surface area contributed by atoms with E-state index in [1.165, 1.54) is 0 Å². The summed E-state index contributed by atoms with van der Waals surface area (Å²) in [4.78, 5) is 30.9. The molecule has 4 rings (SSSR count). The van der Waals surface area contributed by atoms with Gasteiger partial charge in [0.05, 0.1) is 6.54 Å². The maximum Gasteiger partial charge on any atom is 0.251 e. The number of hydrogen-bond acceptors (Lipinski definition) is 5. The molecule has 2 heterocycles. The first-order chi connectivity index (χ1) is 14.0. The van der Waals surface area contributed by atoms with Crippen molar-refractivity contribution in [2.45, 2.75) is 32.7 Å². The van der Waals surface area contributed by atoms with E-state index in [-0.39, 0.29) is 24.3 Å². The molecule has 7 nitrogen and oxygen atoms in total. The van der Waals surface area contributed by atoms with Crippen molar-refractivity contribution in [3.05, 3.63) is 76.9 Å². The molecule has 1 unspecified atom stereocenters. The summed E-state index contributed by atoms with van der Waals surface area (Å²) < 4.78 is 5.27. The van der Waals surface area contributed by atoms with Crippen LogP contribution in [0.3, 0.4) is 0 Å². The maximum atomic E-state index is 12.6. The van der Waals surface area contributed by atoms with Crippen molar-refractivity contribution in [1.29, 1.82) is 0 Å². The number of nitrogens with zero attached hydrogens (tertiary/aromatic N) is 3. The van der Waals surface area contributed by atoms with E-state index in [4.69, 9.17) is 4.52 Å². The zero-order valence-corrected chi connectivity index (χ0v) is 16.4. The monoisotopic (exact) mass is 390 g/mol. The average molecular weight is 390 g/mol. The number of anilines is 1. The summed E-state index contributed by atoms with van der Waals surface area (Å²) >= 11 is 0. The van der Waals surface area contributed by atoms with Gasteiger partial charge in [-0.1, -0.05) is 41.1 Å². The molecular formula is C22H22N4O3. The highest BCUT2D eigenvalue weighted by molar-refractivity contribution is 5.97. The van der Waals surface area contributed by atoms with E-state index in [2.05, 4.69) is 21.5 Å². The lowest BCUT2D eigenvalue weighted by molar-refractivity contribution is -0.117. The van der Waals surface area contributed by atoms with Crippen LogP contribution in [0.2, 0.25) is 0 Å². The Morgan fingerprint density at radius 1 is 1.21 bits per heavy atom. The Kier molecular flexibility index (Phi) is 5.12. The third-order valence-corrected chi connectivity index (χ3v) is 5.05. The van der Waals surface area contributed by atoms with Crippen molar-refractivity contribution in [1.82, 2.24) is 15.5 Å². The normalized spacial score (nSPS) is 16.3. The molecule has 1 N–H and O–H groups in total. The molecule has 2 amide bonds. The first kappa shape index (κ1) is 18.9. The molecule has 1 aliphatic rings. The third kappa shape index (κ3) is 4.03. The van der Waals surface area contributed by atoms with Crippen molar-refractivity contribution in [3.8, 4) is 0 Å². The van der Waals surface area contributed by atoms with Crippen LogP contribution in [0.1, 0.15) is 45.5 Å². The highest BCUT2D eigenvalue weighted by Crippen LogP contribution is 2.32. The summed E-state index contributed by atoms with van der Waals surface area (Å²) in [6, 6.07) is 15.0. The minimum absolute atomic E-state index is 0.0469. The van der Waals surface area contributed by atoms with Crippen LogP contribution in [-0.4, -0.2) is 28.5 Å². The quantitative estimate of drug-likeness (QED) is 0.723. The first-order valence-corrected chi connectivity index (χ1v) is 9.54. The Morgan fingerprint density at radius 2 is 2.00 bits per heavy atom. The zero-order chi connectivity index (χ0) is 20.4. The maximum absolute atomic E-state index is 12.6. The van der Waals surface area contributed by atoms with E-state index < -0.39 is 0 Å². The minimum Gasteiger partial charge on any atom is -0.343 e. The summed E-state index contributed by atoms with van der Waals surface area (Å²) in [5.74, 6) is 0.523. The molecule has 1 aliphatic heterocycles. The molecule has 1 saturated heterocycles. The molecule has 29 heavy (non-hydrogen) atoms. The van der Waals surface area contributed by atoms with Gasteiger partial charge in [0, 0.05) is 30.1 Å². The fourth-order valence-corrected chi connectivity index (χ4v) is 3.57. The van der Waals surface area contributed by atoms with Gasteiger partial charge in [-0.2, -0.15) is 4.98 Å². The van der Waals surface area contributed by atoms with Crippen LogP contribution < -0.4 is 10.2 Å². The van der Waals surface area contributed by atoms with Gasteiger partial charge in [-0.15, -0.1) is 0 Å². The lowest BCUT2D eigenvalue weighted by Gasteiger charge is -2.19. The van der Waals surface area contributed by atoms with Crippen molar-refractivity contribution in [2.24, 2.45) is 0 Å². The molecule has 0 saturated carbocycles. The van der Waals surface area contributed by atoms with E-state index in [0.29, 0.717) is 30.2 Å². The molecule has 148 valence electrons. The zero-order valence-electron chi connectivity index (χ0n) is 16.4. The molecule has 2 aromatic carbocycles. The SMILES string of the molecule is Cc1ccc(N2CC(c3noc(CNC(=O)c4ccccc4)n3)CC2=O)c(C)c1. The van der Waals surface area contributed by atoms with Crippen molar-refractivity contribution in [3.63, 3.8) is 0 Å². The molecule has 3 aromatic rings. The Morgan fingerprint density at radius 3 is 2.76 bits per heavy atom. The predicted octanol–water partition coefficient (Wildman–Crippen LogP) is 3.14. The van der Waals surface area contributed by atoms with E-state index in [1.54, 1.807) is 29.2 Å². The van der Waals surface area contributed by atoms with Crippen LogP contribution >= 0.6 is 0 Å². The number of amides is 2. The van der Waals surface area contributed by atoms with Crippen molar-refractivity contribution >= 4 is 17.5 Å². The molecular weight excluding hydrogens is 368 g/mol.